The zero-order valence-electron chi connectivity index (χ0n) is 11.2. The van der Waals surface area contributed by atoms with Gasteiger partial charge in [0.1, 0.15) is 0 Å². The van der Waals surface area contributed by atoms with Crippen molar-refractivity contribution >= 4 is 17.4 Å². The molecule has 0 aliphatic carbocycles. The van der Waals surface area contributed by atoms with E-state index < -0.39 is 0 Å². The highest BCUT2D eigenvalue weighted by Crippen LogP contribution is 2.14. The van der Waals surface area contributed by atoms with Crippen molar-refractivity contribution in [3.8, 4) is 0 Å². The normalized spacial score (nSPS) is 10.4. The second kappa shape index (κ2) is 5.56. The van der Waals surface area contributed by atoms with Crippen LogP contribution in [0.1, 0.15) is 23.2 Å². The van der Waals surface area contributed by atoms with Gasteiger partial charge < -0.3 is 11.1 Å². The number of H-pyrrole nitrogens is 1. The number of rotatable bonds is 4. The van der Waals surface area contributed by atoms with Crippen molar-refractivity contribution in [2.45, 2.75) is 26.7 Å². The molecule has 0 aliphatic rings. The second-order valence-electron chi connectivity index (χ2n) is 4.61. The molecule has 0 fully saturated rings. The number of anilines is 2. The maximum Gasteiger partial charge on any atom is 0.225 e. The lowest BCUT2D eigenvalue weighted by Gasteiger charge is -2.04. The van der Waals surface area contributed by atoms with E-state index in [0.29, 0.717) is 18.7 Å². The topological polar surface area (TPSA) is 83.8 Å². The molecule has 0 aliphatic heterocycles. The van der Waals surface area contributed by atoms with E-state index in [1.165, 1.54) is 0 Å². The maximum absolute atomic E-state index is 11.8. The van der Waals surface area contributed by atoms with E-state index in [2.05, 4.69) is 15.5 Å². The van der Waals surface area contributed by atoms with Crippen LogP contribution in [-0.2, 0) is 11.2 Å². The molecule has 2 rings (SSSR count). The fraction of sp³-hybridized carbons (Fsp3) is 0.286. The van der Waals surface area contributed by atoms with Crippen LogP contribution in [0.2, 0.25) is 0 Å². The standard InChI is InChI=1S/C14H18N4O/c1-9-10(2)17-18-14(9)16-13(19)8-5-11-3-6-12(15)7-4-11/h3-4,6-7H,5,8,15H2,1-2H3,(H2,16,17,18,19). The van der Waals surface area contributed by atoms with Gasteiger partial charge >= 0.3 is 0 Å². The Hall–Kier alpha value is -2.30. The predicted octanol–water partition coefficient (Wildman–Crippen LogP) is 2.18. The summed E-state index contributed by atoms with van der Waals surface area (Å²) in [5.41, 5.74) is 9.38. The van der Waals surface area contributed by atoms with Crippen LogP contribution in [0.4, 0.5) is 11.5 Å². The van der Waals surface area contributed by atoms with Crippen molar-refractivity contribution in [1.82, 2.24) is 10.2 Å². The van der Waals surface area contributed by atoms with Crippen LogP contribution in [-0.4, -0.2) is 16.1 Å². The molecular weight excluding hydrogens is 240 g/mol. The molecule has 1 aromatic heterocycles. The molecule has 0 bridgehead atoms. The van der Waals surface area contributed by atoms with Gasteiger partial charge in [-0.1, -0.05) is 12.1 Å². The van der Waals surface area contributed by atoms with Gasteiger partial charge in [-0.25, -0.2) is 0 Å². The lowest BCUT2D eigenvalue weighted by molar-refractivity contribution is -0.116. The molecule has 0 saturated heterocycles. The molecule has 1 heterocycles. The van der Waals surface area contributed by atoms with E-state index in [-0.39, 0.29) is 5.91 Å². The summed E-state index contributed by atoms with van der Waals surface area (Å²) in [6.07, 6.45) is 1.11. The number of carbonyl (C=O) groups is 1. The van der Waals surface area contributed by atoms with Crippen LogP contribution < -0.4 is 11.1 Å². The first-order chi connectivity index (χ1) is 9.06. The average Bonchev–Trinajstić information content (AvgIpc) is 2.70. The zero-order valence-corrected chi connectivity index (χ0v) is 11.2. The SMILES string of the molecule is Cc1[nH]nc(NC(=O)CCc2ccc(N)cc2)c1C. The second-order valence-corrected chi connectivity index (χ2v) is 4.61. The van der Waals surface area contributed by atoms with Crippen LogP contribution in [0.15, 0.2) is 24.3 Å². The van der Waals surface area contributed by atoms with Crippen LogP contribution in [0.5, 0.6) is 0 Å². The smallest absolute Gasteiger partial charge is 0.225 e. The fourth-order valence-corrected chi connectivity index (χ4v) is 1.74. The van der Waals surface area contributed by atoms with Crippen molar-refractivity contribution in [3.63, 3.8) is 0 Å². The number of aromatic amines is 1. The Kier molecular flexibility index (Phi) is 3.85. The number of nitrogens with zero attached hydrogens (tertiary/aromatic N) is 1. The summed E-state index contributed by atoms with van der Waals surface area (Å²) in [7, 11) is 0. The molecule has 5 nitrogen and oxygen atoms in total. The summed E-state index contributed by atoms with van der Waals surface area (Å²) in [4.78, 5) is 11.8. The minimum absolute atomic E-state index is 0.0357. The zero-order chi connectivity index (χ0) is 13.8. The molecule has 0 radical (unpaired) electrons. The molecule has 0 spiro atoms. The molecule has 4 N–H and O–H groups in total. The van der Waals surface area contributed by atoms with Gasteiger partial charge in [0.05, 0.1) is 0 Å². The highest BCUT2D eigenvalue weighted by Gasteiger charge is 2.09. The molecule has 5 heteroatoms. The van der Waals surface area contributed by atoms with E-state index in [1.54, 1.807) is 0 Å². The Morgan fingerprint density at radius 1 is 1.32 bits per heavy atom. The summed E-state index contributed by atoms with van der Waals surface area (Å²) in [5, 5.41) is 9.70. The van der Waals surface area contributed by atoms with E-state index >= 15 is 0 Å². The van der Waals surface area contributed by atoms with Gasteiger partial charge in [-0.15, -0.1) is 0 Å². The molecule has 2 aromatic rings. The molecule has 0 atom stereocenters. The number of hydrogen-bond donors (Lipinski definition) is 3. The lowest BCUT2D eigenvalue weighted by Crippen LogP contribution is -2.13. The predicted molar refractivity (Wildman–Crippen MR) is 75.9 cm³/mol. The molecule has 1 amide bonds. The van der Waals surface area contributed by atoms with Crippen molar-refractivity contribution in [2.24, 2.45) is 0 Å². The number of hydrogen-bond acceptors (Lipinski definition) is 3. The van der Waals surface area contributed by atoms with E-state index in [4.69, 9.17) is 5.73 Å². The van der Waals surface area contributed by atoms with Crippen molar-refractivity contribution < 1.29 is 4.79 Å². The third-order valence-electron chi connectivity index (χ3n) is 3.13. The Morgan fingerprint density at radius 2 is 2.00 bits per heavy atom. The lowest BCUT2D eigenvalue weighted by atomic mass is 10.1. The number of amides is 1. The van der Waals surface area contributed by atoms with Gasteiger partial charge in [-0.05, 0) is 38.0 Å². The molecule has 100 valence electrons. The molecule has 1 aromatic carbocycles. The quantitative estimate of drug-likeness (QED) is 0.735. The molecule has 0 saturated carbocycles. The summed E-state index contributed by atoms with van der Waals surface area (Å²) < 4.78 is 0. The molecule has 19 heavy (non-hydrogen) atoms. The van der Waals surface area contributed by atoms with Crippen molar-refractivity contribution in [3.05, 3.63) is 41.1 Å². The largest absolute Gasteiger partial charge is 0.399 e. The third-order valence-corrected chi connectivity index (χ3v) is 3.13. The number of nitrogens with two attached hydrogens (primary N) is 1. The monoisotopic (exact) mass is 258 g/mol. The van der Waals surface area contributed by atoms with Gasteiger partial charge in [0.15, 0.2) is 5.82 Å². The van der Waals surface area contributed by atoms with Gasteiger partial charge in [-0.2, -0.15) is 5.10 Å². The first-order valence-electron chi connectivity index (χ1n) is 6.22. The van der Waals surface area contributed by atoms with Crippen LogP contribution >= 0.6 is 0 Å². The van der Waals surface area contributed by atoms with Crippen LogP contribution in [0.25, 0.3) is 0 Å². The van der Waals surface area contributed by atoms with Gasteiger partial charge in [0.2, 0.25) is 5.91 Å². The van der Waals surface area contributed by atoms with Crippen molar-refractivity contribution in [1.29, 1.82) is 0 Å². The Bertz CT molecular complexity index is 572. The maximum atomic E-state index is 11.8. The van der Waals surface area contributed by atoms with Gasteiger partial charge in [-0.3, -0.25) is 9.89 Å². The molecule has 0 unspecified atom stereocenters. The number of aryl methyl sites for hydroxylation is 2. The minimum Gasteiger partial charge on any atom is -0.399 e. The van der Waals surface area contributed by atoms with Crippen LogP contribution in [0.3, 0.4) is 0 Å². The first-order valence-corrected chi connectivity index (χ1v) is 6.22. The fourth-order valence-electron chi connectivity index (χ4n) is 1.74. The summed E-state index contributed by atoms with van der Waals surface area (Å²) in [5.74, 6) is 0.575. The number of nitrogens with one attached hydrogen (secondary N) is 2. The number of carbonyl (C=O) groups excluding carboxylic acids is 1. The number of aromatic nitrogens is 2. The van der Waals surface area contributed by atoms with E-state index in [9.17, 15) is 4.79 Å². The average molecular weight is 258 g/mol. The van der Waals surface area contributed by atoms with Gasteiger partial charge in [0.25, 0.3) is 0 Å². The minimum atomic E-state index is -0.0357. The number of benzene rings is 1. The summed E-state index contributed by atoms with van der Waals surface area (Å²) in [6, 6.07) is 7.56. The van der Waals surface area contributed by atoms with Crippen LogP contribution in [0, 0.1) is 13.8 Å². The third kappa shape index (κ3) is 3.34. The van der Waals surface area contributed by atoms with Gasteiger partial charge in [0, 0.05) is 23.4 Å². The van der Waals surface area contributed by atoms with E-state index in [1.807, 2.05) is 38.1 Å². The molecular formula is C14H18N4O. The van der Waals surface area contributed by atoms with Crippen molar-refractivity contribution in [2.75, 3.05) is 11.1 Å². The Labute approximate surface area is 112 Å². The number of nitrogen functional groups attached to an aromatic ring is 1. The highest BCUT2D eigenvalue weighted by molar-refractivity contribution is 5.90. The Balaban J connectivity index is 1.88. The Morgan fingerprint density at radius 3 is 2.58 bits per heavy atom. The highest BCUT2D eigenvalue weighted by atomic mass is 16.1. The van der Waals surface area contributed by atoms with E-state index in [0.717, 1.165) is 22.5 Å². The first kappa shape index (κ1) is 13.1. The summed E-state index contributed by atoms with van der Waals surface area (Å²) in [6.45, 7) is 3.85. The summed E-state index contributed by atoms with van der Waals surface area (Å²) >= 11 is 0.